The van der Waals surface area contributed by atoms with Crippen LogP contribution in [0.15, 0.2) is 24.3 Å². The topological polar surface area (TPSA) is 124 Å². The molecule has 0 unspecified atom stereocenters. The van der Waals surface area contributed by atoms with E-state index in [2.05, 4.69) is 0 Å². The molecule has 0 aliphatic heterocycles. The third-order valence-electron chi connectivity index (χ3n) is 3.06. The molecule has 2 atom stereocenters. The van der Waals surface area contributed by atoms with Crippen LogP contribution in [0.4, 0.5) is 13.2 Å². The van der Waals surface area contributed by atoms with Crippen LogP contribution >= 0.6 is 0 Å². The third-order valence-corrected chi connectivity index (χ3v) is 3.06. The van der Waals surface area contributed by atoms with Crippen molar-refractivity contribution in [2.24, 2.45) is 0 Å². The molecular formula is C14H14F3NO6. The second-order valence-corrected chi connectivity index (χ2v) is 4.85. The monoisotopic (exact) mass is 349 g/mol. The van der Waals surface area contributed by atoms with E-state index in [0.717, 1.165) is 12.1 Å². The zero-order valence-electron chi connectivity index (χ0n) is 12.1. The summed E-state index contributed by atoms with van der Waals surface area (Å²) in [6.07, 6.45) is -7.39. The molecule has 10 heteroatoms. The van der Waals surface area contributed by atoms with Gasteiger partial charge in [0, 0.05) is 6.42 Å². The number of aliphatic carboxylic acids is 2. The van der Waals surface area contributed by atoms with Crippen molar-refractivity contribution in [2.75, 3.05) is 0 Å². The Hall–Kier alpha value is -2.62. The minimum Gasteiger partial charge on any atom is -0.481 e. The Balaban J connectivity index is 2.78. The normalized spacial score (nSPS) is 13.8. The van der Waals surface area contributed by atoms with Gasteiger partial charge in [-0.05, 0) is 24.1 Å². The van der Waals surface area contributed by atoms with E-state index in [4.69, 9.17) is 10.2 Å². The fourth-order valence-electron chi connectivity index (χ4n) is 1.78. The molecular weight excluding hydrogens is 335 g/mol. The second kappa shape index (κ2) is 7.77. The number of carbonyl (C=O) groups is 3. The summed E-state index contributed by atoms with van der Waals surface area (Å²) in [6.45, 7) is 0. The lowest BCUT2D eigenvalue weighted by Crippen LogP contribution is -2.43. The van der Waals surface area contributed by atoms with Crippen LogP contribution in [0.5, 0.6) is 0 Å². The quantitative estimate of drug-likeness (QED) is 0.586. The number of amides is 1. The van der Waals surface area contributed by atoms with Crippen molar-refractivity contribution < 1.29 is 42.9 Å². The third kappa shape index (κ3) is 5.54. The molecule has 0 heterocycles. The standard InChI is InChI=1S/C14H14F3NO6/c15-14(16,17)8-3-1-7(2-4-8)11(21)12(22)18-9(13(23)24)5-6-10(19)20/h1-4,9,11,21H,5-6H2,(H,18,22)(H,19,20)(H,23,24)/t9-,11-/m0/s1. The Morgan fingerprint density at radius 3 is 2.04 bits per heavy atom. The average molecular weight is 349 g/mol. The van der Waals surface area contributed by atoms with Gasteiger partial charge in [0.1, 0.15) is 6.04 Å². The fourth-order valence-corrected chi connectivity index (χ4v) is 1.78. The average Bonchev–Trinajstić information content (AvgIpc) is 2.49. The Morgan fingerprint density at radius 1 is 1.08 bits per heavy atom. The van der Waals surface area contributed by atoms with Gasteiger partial charge in [-0.3, -0.25) is 9.59 Å². The smallest absolute Gasteiger partial charge is 0.416 e. The first-order chi connectivity index (χ1) is 11.0. The summed E-state index contributed by atoms with van der Waals surface area (Å²) in [4.78, 5) is 33.2. The maximum atomic E-state index is 12.4. The minimum absolute atomic E-state index is 0.164. The van der Waals surface area contributed by atoms with E-state index in [9.17, 15) is 32.7 Å². The Morgan fingerprint density at radius 2 is 1.62 bits per heavy atom. The van der Waals surface area contributed by atoms with E-state index in [1.165, 1.54) is 0 Å². The number of alkyl halides is 3. The summed E-state index contributed by atoms with van der Waals surface area (Å²) in [5.74, 6) is -3.92. The predicted octanol–water partition coefficient (Wildman–Crippen LogP) is 1.17. The van der Waals surface area contributed by atoms with Crippen LogP contribution in [0.1, 0.15) is 30.1 Å². The van der Waals surface area contributed by atoms with Gasteiger partial charge in [0.15, 0.2) is 6.10 Å². The summed E-state index contributed by atoms with van der Waals surface area (Å²) in [5, 5.41) is 29.1. The van der Waals surface area contributed by atoms with Crippen LogP contribution in [0.2, 0.25) is 0 Å². The van der Waals surface area contributed by atoms with Crippen molar-refractivity contribution >= 4 is 17.8 Å². The molecule has 1 amide bonds. The number of carbonyl (C=O) groups excluding carboxylic acids is 1. The van der Waals surface area contributed by atoms with Gasteiger partial charge in [-0.15, -0.1) is 0 Å². The number of aliphatic hydroxyl groups excluding tert-OH is 1. The van der Waals surface area contributed by atoms with E-state index in [1.807, 2.05) is 5.32 Å². The second-order valence-electron chi connectivity index (χ2n) is 4.85. The van der Waals surface area contributed by atoms with Gasteiger partial charge < -0.3 is 20.6 Å². The zero-order valence-corrected chi connectivity index (χ0v) is 12.1. The molecule has 1 rings (SSSR count). The van der Waals surface area contributed by atoms with Crippen molar-refractivity contribution in [3.8, 4) is 0 Å². The lowest BCUT2D eigenvalue weighted by Gasteiger charge is -2.17. The summed E-state index contributed by atoms with van der Waals surface area (Å²) in [6, 6.07) is 1.58. The van der Waals surface area contributed by atoms with Crippen LogP contribution in [0.3, 0.4) is 0 Å². The van der Waals surface area contributed by atoms with Crippen LogP contribution in [0, 0.1) is 0 Å². The highest BCUT2D eigenvalue weighted by Crippen LogP contribution is 2.29. The van der Waals surface area contributed by atoms with Crippen molar-refractivity contribution in [3.63, 3.8) is 0 Å². The van der Waals surface area contributed by atoms with Gasteiger partial charge in [0.25, 0.3) is 5.91 Å². The van der Waals surface area contributed by atoms with Crippen LogP contribution < -0.4 is 5.32 Å². The molecule has 4 N–H and O–H groups in total. The van der Waals surface area contributed by atoms with E-state index in [1.54, 1.807) is 0 Å². The summed E-state index contributed by atoms with van der Waals surface area (Å²) < 4.78 is 37.3. The summed E-state index contributed by atoms with van der Waals surface area (Å²) in [7, 11) is 0. The molecule has 24 heavy (non-hydrogen) atoms. The SMILES string of the molecule is O=C(O)CC[C@H](NC(=O)[C@@H](O)c1ccc(C(F)(F)F)cc1)C(=O)O. The van der Waals surface area contributed by atoms with E-state index in [-0.39, 0.29) is 5.56 Å². The number of benzene rings is 1. The first kappa shape index (κ1) is 19.4. The van der Waals surface area contributed by atoms with Crippen molar-refractivity contribution in [1.29, 1.82) is 0 Å². The molecule has 132 valence electrons. The molecule has 7 nitrogen and oxygen atoms in total. The van der Waals surface area contributed by atoms with Gasteiger partial charge >= 0.3 is 18.1 Å². The number of halogens is 3. The van der Waals surface area contributed by atoms with Crippen molar-refractivity contribution in [3.05, 3.63) is 35.4 Å². The number of hydrogen-bond donors (Lipinski definition) is 4. The minimum atomic E-state index is -4.57. The highest BCUT2D eigenvalue weighted by molar-refractivity contribution is 5.87. The molecule has 0 bridgehead atoms. The van der Waals surface area contributed by atoms with E-state index in [0.29, 0.717) is 12.1 Å². The number of carboxylic acid groups (broad SMARTS) is 2. The molecule has 0 fully saturated rings. The van der Waals surface area contributed by atoms with Crippen LogP contribution in [0.25, 0.3) is 0 Å². The maximum absolute atomic E-state index is 12.4. The van der Waals surface area contributed by atoms with E-state index >= 15 is 0 Å². The molecule has 0 saturated heterocycles. The molecule has 0 radical (unpaired) electrons. The molecule has 0 aliphatic carbocycles. The lowest BCUT2D eigenvalue weighted by molar-refractivity contribution is -0.144. The highest BCUT2D eigenvalue weighted by Gasteiger charge is 2.31. The Labute approximate surface area is 133 Å². The zero-order chi connectivity index (χ0) is 18.5. The fraction of sp³-hybridized carbons (Fsp3) is 0.357. The number of rotatable bonds is 7. The van der Waals surface area contributed by atoms with Crippen molar-refractivity contribution in [1.82, 2.24) is 5.32 Å². The molecule has 1 aromatic rings. The summed E-state index contributed by atoms with van der Waals surface area (Å²) >= 11 is 0. The number of nitrogens with one attached hydrogen (secondary N) is 1. The summed E-state index contributed by atoms with van der Waals surface area (Å²) in [5.41, 5.74) is -1.13. The van der Waals surface area contributed by atoms with Gasteiger partial charge in [0.05, 0.1) is 5.56 Å². The van der Waals surface area contributed by atoms with Crippen LogP contribution in [-0.2, 0) is 20.6 Å². The number of hydrogen-bond acceptors (Lipinski definition) is 4. The molecule has 0 saturated carbocycles. The van der Waals surface area contributed by atoms with Crippen LogP contribution in [-0.4, -0.2) is 39.2 Å². The Bertz CT molecular complexity index is 614. The Kier molecular flexibility index (Phi) is 6.29. The largest absolute Gasteiger partial charge is 0.481 e. The lowest BCUT2D eigenvalue weighted by atomic mass is 10.1. The maximum Gasteiger partial charge on any atom is 0.416 e. The predicted molar refractivity (Wildman–Crippen MR) is 72.8 cm³/mol. The van der Waals surface area contributed by atoms with Gasteiger partial charge in [-0.1, -0.05) is 12.1 Å². The highest BCUT2D eigenvalue weighted by atomic mass is 19.4. The number of carboxylic acids is 2. The van der Waals surface area contributed by atoms with Gasteiger partial charge in [-0.25, -0.2) is 4.79 Å². The number of aliphatic hydroxyl groups is 1. The molecule has 0 spiro atoms. The van der Waals surface area contributed by atoms with Crippen molar-refractivity contribution in [2.45, 2.75) is 31.2 Å². The molecule has 0 aromatic heterocycles. The molecule has 1 aromatic carbocycles. The first-order valence-corrected chi connectivity index (χ1v) is 6.62. The van der Waals surface area contributed by atoms with E-state index < -0.39 is 54.6 Å². The molecule has 0 aliphatic rings. The first-order valence-electron chi connectivity index (χ1n) is 6.62. The van der Waals surface area contributed by atoms with Gasteiger partial charge in [-0.2, -0.15) is 13.2 Å². The van der Waals surface area contributed by atoms with Gasteiger partial charge in [0.2, 0.25) is 0 Å².